The van der Waals surface area contributed by atoms with Gasteiger partial charge in [-0.15, -0.1) is 11.3 Å². The lowest BCUT2D eigenvalue weighted by Crippen LogP contribution is -2.47. The maximum absolute atomic E-state index is 6.11. The van der Waals surface area contributed by atoms with Gasteiger partial charge in [0.25, 0.3) is 0 Å². The molecule has 1 atom stereocenters. The van der Waals surface area contributed by atoms with Gasteiger partial charge in [-0.25, -0.2) is 9.97 Å². The van der Waals surface area contributed by atoms with Crippen molar-refractivity contribution in [2.45, 2.75) is 13.0 Å². The third-order valence-corrected chi connectivity index (χ3v) is 6.71. The maximum atomic E-state index is 6.11. The Bertz CT molecular complexity index is 1340. The summed E-state index contributed by atoms with van der Waals surface area (Å²) in [7, 11) is 0. The van der Waals surface area contributed by atoms with E-state index in [0.29, 0.717) is 11.7 Å². The molecule has 0 saturated carbocycles. The molecule has 1 aromatic carbocycles. The van der Waals surface area contributed by atoms with Crippen LogP contribution in [0.2, 0.25) is 0 Å². The molecule has 0 amide bonds. The van der Waals surface area contributed by atoms with E-state index in [0.717, 1.165) is 58.9 Å². The number of rotatable bonds is 4. The van der Waals surface area contributed by atoms with Gasteiger partial charge in [-0.05, 0) is 30.5 Å². The standard InChI is InChI=1S/C22H20N6O2S/c1-14(22-25-20(26-30-22)17-7-4-12-31-17)27-8-10-28(11-9-27)21-19-18(23-13-24-21)15-5-2-3-6-16(15)29-19/h2-7,12-14H,8-11H2,1H3. The van der Waals surface area contributed by atoms with Crippen molar-refractivity contribution in [3.8, 4) is 10.7 Å². The molecule has 8 nitrogen and oxygen atoms in total. The number of benzene rings is 1. The largest absolute Gasteiger partial charge is 0.450 e. The van der Waals surface area contributed by atoms with E-state index in [2.05, 4.69) is 36.8 Å². The first-order valence-corrected chi connectivity index (χ1v) is 11.1. The molecule has 5 aromatic rings. The van der Waals surface area contributed by atoms with Crippen molar-refractivity contribution in [3.05, 3.63) is 54.0 Å². The smallest absolute Gasteiger partial charge is 0.244 e. The zero-order chi connectivity index (χ0) is 20.8. The minimum absolute atomic E-state index is 0.0555. The number of hydrogen-bond acceptors (Lipinski definition) is 9. The number of fused-ring (bicyclic) bond motifs is 3. The van der Waals surface area contributed by atoms with Gasteiger partial charge in [0.05, 0.1) is 10.9 Å². The van der Waals surface area contributed by atoms with Gasteiger partial charge in [-0.1, -0.05) is 23.4 Å². The quantitative estimate of drug-likeness (QED) is 0.414. The predicted molar refractivity (Wildman–Crippen MR) is 119 cm³/mol. The highest BCUT2D eigenvalue weighted by Crippen LogP contribution is 2.33. The van der Waals surface area contributed by atoms with Crippen LogP contribution >= 0.6 is 11.3 Å². The number of hydrogen-bond donors (Lipinski definition) is 0. The number of nitrogens with zero attached hydrogens (tertiary/aromatic N) is 6. The van der Waals surface area contributed by atoms with Gasteiger partial charge in [-0.3, -0.25) is 4.90 Å². The molecule has 0 bridgehead atoms. The molecule has 4 aromatic heterocycles. The Morgan fingerprint density at radius 3 is 2.74 bits per heavy atom. The van der Waals surface area contributed by atoms with E-state index < -0.39 is 0 Å². The Kier molecular flexibility index (Phi) is 4.43. The van der Waals surface area contributed by atoms with Gasteiger partial charge in [0.1, 0.15) is 17.4 Å². The van der Waals surface area contributed by atoms with Crippen LogP contribution in [-0.2, 0) is 0 Å². The molecule has 5 heterocycles. The molecule has 0 N–H and O–H groups in total. The first kappa shape index (κ1) is 18.5. The Balaban J connectivity index is 1.20. The molecule has 1 saturated heterocycles. The van der Waals surface area contributed by atoms with Crippen LogP contribution in [0.1, 0.15) is 18.9 Å². The van der Waals surface area contributed by atoms with Crippen LogP contribution < -0.4 is 4.90 Å². The van der Waals surface area contributed by atoms with Crippen molar-refractivity contribution in [1.82, 2.24) is 25.0 Å². The van der Waals surface area contributed by atoms with Crippen LogP contribution in [0.15, 0.2) is 57.0 Å². The highest BCUT2D eigenvalue weighted by Gasteiger charge is 2.28. The molecule has 1 unspecified atom stereocenters. The fraction of sp³-hybridized carbons (Fsp3) is 0.273. The summed E-state index contributed by atoms with van der Waals surface area (Å²) < 4.78 is 11.7. The summed E-state index contributed by atoms with van der Waals surface area (Å²) in [5.41, 5.74) is 2.45. The van der Waals surface area contributed by atoms with Crippen LogP contribution in [0, 0.1) is 0 Å². The van der Waals surface area contributed by atoms with Crippen molar-refractivity contribution in [2.24, 2.45) is 0 Å². The van der Waals surface area contributed by atoms with Crippen molar-refractivity contribution >= 4 is 39.2 Å². The van der Waals surface area contributed by atoms with Gasteiger partial charge in [0, 0.05) is 31.6 Å². The van der Waals surface area contributed by atoms with E-state index >= 15 is 0 Å². The Hall–Kier alpha value is -3.30. The third-order valence-electron chi connectivity index (χ3n) is 5.84. The lowest BCUT2D eigenvalue weighted by atomic mass is 10.2. The highest BCUT2D eigenvalue weighted by atomic mass is 32.1. The number of para-hydroxylation sites is 1. The zero-order valence-corrected chi connectivity index (χ0v) is 17.7. The summed E-state index contributed by atoms with van der Waals surface area (Å²) in [6.07, 6.45) is 1.62. The minimum atomic E-state index is 0.0555. The van der Waals surface area contributed by atoms with Gasteiger partial charge in [0.2, 0.25) is 11.7 Å². The lowest BCUT2D eigenvalue weighted by Gasteiger charge is -2.37. The number of aromatic nitrogens is 4. The van der Waals surface area contributed by atoms with E-state index in [1.165, 1.54) is 0 Å². The minimum Gasteiger partial charge on any atom is -0.450 e. The van der Waals surface area contributed by atoms with Crippen LogP contribution in [0.4, 0.5) is 5.82 Å². The topological polar surface area (TPSA) is 84.3 Å². The first-order chi connectivity index (χ1) is 15.3. The molecule has 31 heavy (non-hydrogen) atoms. The summed E-state index contributed by atoms with van der Waals surface area (Å²) in [5.74, 6) is 2.16. The highest BCUT2D eigenvalue weighted by molar-refractivity contribution is 7.13. The molecule has 9 heteroatoms. The van der Waals surface area contributed by atoms with Gasteiger partial charge >= 0.3 is 0 Å². The summed E-state index contributed by atoms with van der Waals surface area (Å²) >= 11 is 1.61. The molecule has 1 aliphatic heterocycles. The number of anilines is 1. The Morgan fingerprint density at radius 1 is 1.03 bits per heavy atom. The van der Waals surface area contributed by atoms with Crippen LogP contribution in [-0.4, -0.2) is 51.2 Å². The van der Waals surface area contributed by atoms with E-state index in [-0.39, 0.29) is 6.04 Å². The van der Waals surface area contributed by atoms with Crippen molar-refractivity contribution in [2.75, 3.05) is 31.1 Å². The van der Waals surface area contributed by atoms with Gasteiger partial charge in [-0.2, -0.15) is 4.98 Å². The molecule has 0 aliphatic carbocycles. The molecule has 156 valence electrons. The Labute approximate surface area is 182 Å². The summed E-state index contributed by atoms with van der Waals surface area (Å²) in [6.45, 7) is 5.51. The second-order valence-electron chi connectivity index (χ2n) is 7.61. The van der Waals surface area contributed by atoms with Crippen molar-refractivity contribution in [1.29, 1.82) is 0 Å². The average molecular weight is 433 g/mol. The van der Waals surface area contributed by atoms with Gasteiger partial charge < -0.3 is 13.8 Å². The summed E-state index contributed by atoms with van der Waals surface area (Å²) in [4.78, 5) is 19.3. The van der Waals surface area contributed by atoms with Crippen molar-refractivity contribution < 1.29 is 8.94 Å². The number of piperazine rings is 1. The van der Waals surface area contributed by atoms with E-state index in [9.17, 15) is 0 Å². The van der Waals surface area contributed by atoms with Crippen LogP contribution in [0.5, 0.6) is 0 Å². The van der Waals surface area contributed by atoms with Crippen LogP contribution in [0.25, 0.3) is 32.8 Å². The SMILES string of the molecule is CC(c1nc(-c2cccs2)no1)N1CCN(c2ncnc3c2oc2ccccc23)CC1. The van der Waals surface area contributed by atoms with E-state index in [1.54, 1.807) is 17.7 Å². The van der Waals surface area contributed by atoms with Gasteiger partial charge in [0.15, 0.2) is 11.4 Å². The zero-order valence-electron chi connectivity index (χ0n) is 16.9. The van der Waals surface area contributed by atoms with E-state index in [1.807, 2.05) is 41.8 Å². The van der Waals surface area contributed by atoms with Crippen LogP contribution in [0.3, 0.4) is 0 Å². The second kappa shape index (κ2) is 7.44. The van der Waals surface area contributed by atoms with E-state index in [4.69, 9.17) is 8.94 Å². The Morgan fingerprint density at radius 2 is 1.90 bits per heavy atom. The summed E-state index contributed by atoms with van der Waals surface area (Å²) in [5, 5.41) is 7.18. The predicted octanol–water partition coefficient (Wildman–Crippen LogP) is 4.37. The van der Waals surface area contributed by atoms with Crippen molar-refractivity contribution in [3.63, 3.8) is 0 Å². The fourth-order valence-electron chi connectivity index (χ4n) is 4.12. The maximum Gasteiger partial charge on any atom is 0.244 e. The number of furan rings is 1. The lowest BCUT2D eigenvalue weighted by molar-refractivity contribution is 0.164. The molecule has 0 radical (unpaired) electrons. The number of thiophene rings is 1. The fourth-order valence-corrected chi connectivity index (χ4v) is 4.77. The monoisotopic (exact) mass is 432 g/mol. The first-order valence-electron chi connectivity index (χ1n) is 10.3. The second-order valence-corrected chi connectivity index (χ2v) is 8.55. The molecular formula is C22H20N6O2S. The summed E-state index contributed by atoms with van der Waals surface area (Å²) in [6, 6.07) is 12.0. The molecule has 1 fully saturated rings. The molecule has 1 aliphatic rings. The third kappa shape index (κ3) is 3.17. The average Bonchev–Trinajstić information content (AvgIpc) is 3.58. The molecule has 0 spiro atoms. The molecule has 6 rings (SSSR count). The normalized spacial score (nSPS) is 16.4. The molecular weight excluding hydrogens is 412 g/mol.